The largest absolute Gasteiger partial charge is 0.491 e. The number of rotatable bonds is 9. The van der Waals surface area contributed by atoms with Crippen molar-refractivity contribution in [2.75, 3.05) is 32.8 Å². The van der Waals surface area contributed by atoms with E-state index in [2.05, 4.69) is 0 Å². The van der Waals surface area contributed by atoms with Crippen LogP contribution in [0.4, 0.5) is 4.39 Å². The molecule has 0 saturated carbocycles. The van der Waals surface area contributed by atoms with Gasteiger partial charge in [0.2, 0.25) is 11.8 Å². The normalized spacial score (nSPS) is 19.8. The molecule has 2 amide bonds. The van der Waals surface area contributed by atoms with Gasteiger partial charge in [-0.3, -0.25) is 9.59 Å². The summed E-state index contributed by atoms with van der Waals surface area (Å²) in [6.45, 7) is 6.07. The van der Waals surface area contributed by atoms with Crippen LogP contribution >= 0.6 is 11.3 Å². The van der Waals surface area contributed by atoms with Crippen molar-refractivity contribution in [1.82, 2.24) is 9.80 Å². The first kappa shape index (κ1) is 24.7. The van der Waals surface area contributed by atoms with Crippen molar-refractivity contribution in [1.29, 1.82) is 0 Å². The number of amides is 2. The van der Waals surface area contributed by atoms with E-state index in [4.69, 9.17) is 9.47 Å². The monoisotopic (exact) mass is 488 g/mol. The molecule has 2 atom stereocenters. The fraction of sp³-hybridized carbons (Fsp3) is 0.538. The van der Waals surface area contributed by atoms with E-state index in [1.165, 1.54) is 17.0 Å². The van der Waals surface area contributed by atoms with Gasteiger partial charge in [0.25, 0.3) is 0 Å². The van der Waals surface area contributed by atoms with Crippen molar-refractivity contribution >= 4 is 23.2 Å². The Labute approximate surface area is 204 Å². The lowest BCUT2D eigenvalue weighted by Gasteiger charge is -2.37. The molecule has 1 aromatic heterocycles. The highest BCUT2D eigenvalue weighted by molar-refractivity contribution is 7.10. The minimum absolute atomic E-state index is 0.00801. The summed E-state index contributed by atoms with van der Waals surface area (Å²) < 4.78 is 25.0. The van der Waals surface area contributed by atoms with Crippen LogP contribution in [0.1, 0.15) is 49.6 Å². The molecule has 2 aliphatic rings. The van der Waals surface area contributed by atoms with Gasteiger partial charge in [-0.05, 0) is 66.5 Å². The number of thiophene rings is 1. The zero-order valence-corrected chi connectivity index (χ0v) is 20.7. The van der Waals surface area contributed by atoms with Gasteiger partial charge in [-0.15, -0.1) is 11.3 Å². The molecule has 0 radical (unpaired) electrons. The Morgan fingerprint density at radius 1 is 1.26 bits per heavy atom. The Balaban J connectivity index is 1.48. The first-order valence-electron chi connectivity index (χ1n) is 12.0. The molecule has 2 aliphatic heterocycles. The number of nitrogens with zero attached hydrogens (tertiary/aromatic N) is 2. The van der Waals surface area contributed by atoms with Crippen molar-refractivity contribution < 1.29 is 23.5 Å². The molecule has 1 saturated heterocycles. The lowest BCUT2D eigenvalue weighted by atomic mass is 10.00. The number of hydrogen-bond acceptors (Lipinski definition) is 5. The first-order chi connectivity index (χ1) is 16.4. The fourth-order valence-electron chi connectivity index (χ4n) is 4.60. The number of hydrogen-bond donors (Lipinski definition) is 0. The molecule has 0 N–H and O–H groups in total. The summed E-state index contributed by atoms with van der Waals surface area (Å²) in [6, 6.07) is 7.69. The van der Waals surface area contributed by atoms with Crippen molar-refractivity contribution in [3.05, 3.63) is 52.0 Å². The molecule has 1 fully saturated rings. The maximum atomic E-state index is 13.6. The second kappa shape index (κ2) is 11.3. The molecule has 6 nitrogen and oxygen atoms in total. The Morgan fingerprint density at radius 2 is 2.06 bits per heavy atom. The third kappa shape index (κ3) is 6.16. The highest BCUT2D eigenvalue weighted by atomic mass is 32.1. The quantitative estimate of drug-likeness (QED) is 0.524. The second-order valence-corrected chi connectivity index (χ2v) is 10.4. The average molecular weight is 489 g/mol. The topological polar surface area (TPSA) is 59.1 Å². The number of fused-ring (bicyclic) bond motifs is 1. The molecule has 0 unspecified atom stereocenters. The maximum Gasteiger partial charge on any atom is 0.242 e. The van der Waals surface area contributed by atoms with Gasteiger partial charge in [-0.2, -0.15) is 0 Å². The highest BCUT2D eigenvalue weighted by Gasteiger charge is 2.34. The predicted molar refractivity (Wildman–Crippen MR) is 129 cm³/mol. The van der Waals surface area contributed by atoms with E-state index in [0.717, 1.165) is 24.8 Å². The minimum Gasteiger partial charge on any atom is -0.491 e. The van der Waals surface area contributed by atoms with E-state index >= 15 is 0 Å². The number of benzene rings is 1. The van der Waals surface area contributed by atoms with Gasteiger partial charge in [-0.1, -0.05) is 13.8 Å². The third-order valence-corrected chi connectivity index (χ3v) is 7.34. The Morgan fingerprint density at radius 3 is 2.76 bits per heavy atom. The van der Waals surface area contributed by atoms with E-state index < -0.39 is 0 Å². The van der Waals surface area contributed by atoms with Crippen molar-refractivity contribution in [3.63, 3.8) is 0 Å². The lowest BCUT2D eigenvalue weighted by Crippen LogP contribution is -2.49. The van der Waals surface area contributed by atoms with Crippen LogP contribution in [0.5, 0.6) is 5.75 Å². The van der Waals surface area contributed by atoms with E-state index in [0.29, 0.717) is 31.9 Å². The molecule has 4 rings (SSSR count). The SMILES string of the molecule is CC(C)CC(=O)N(CC(=O)N1CCc2sccc2[C@H]1COc1ccc(F)cc1)C[C@@H]1CCCO1. The van der Waals surface area contributed by atoms with Crippen molar-refractivity contribution in [2.45, 2.75) is 51.7 Å². The summed E-state index contributed by atoms with van der Waals surface area (Å²) in [5.74, 6) is 0.364. The number of carbonyl (C=O) groups excluding carboxylic acids is 2. The third-order valence-electron chi connectivity index (χ3n) is 6.35. The summed E-state index contributed by atoms with van der Waals surface area (Å²) in [4.78, 5) is 31.3. The summed E-state index contributed by atoms with van der Waals surface area (Å²) >= 11 is 1.69. The predicted octanol–water partition coefficient (Wildman–Crippen LogP) is 4.45. The summed E-state index contributed by atoms with van der Waals surface area (Å²) in [6.07, 6.45) is 3.09. The molecule has 2 aromatic rings. The Hall–Kier alpha value is -2.45. The van der Waals surface area contributed by atoms with Crippen LogP contribution in [0.3, 0.4) is 0 Å². The van der Waals surface area contributed by atoms with E-state index in [-0.39, 0.29) is 48.8 Å². The smallest absolute Gasteiger partial charge is 0.242 e. The zero-order chi connectivity index (χ0) is 24.1. The minimum atomic E-state index is -0.320. The van der Waals surface area contributed by atoms with Crippen molar-refractivity contribution in [2.24, 2.45) is 5.92 Å². The van der Waals surface area contributed by atoms with E-state index in [9.17, 15) is 14.0 Å². The van der Waals surface area contributed by atoms with Gasteiger partial charge in [-0.25, -0.2) is 4.39 Å². The van der Waals surface area contributed by atoms with Crippen LogP contribution in [0.25, 0.3) is 0 Å². The fourth-order valence-corrected chi connectivity index (χ4v) is 5.53. The molecular weight excluding hydrogens is 455 g/mol. The molecule has 0 aliphatic carbocycles. The number of halogens is 1. The number of carbonyl (C=O) groups is 2. The molecule has 0 spiro atoms. The van der Waals surface area contributed by atoms with Crippen LogP contribution in [0.15, 0.2) is 35.7 Å². The van der Waals surface area contributed by atoms with Gasteiger partial charge >= 0.3 is 0 Å². The van der Waals surface area contributed by atoms with Crippen LogP contribution in [-0.2, 0) is 20.7 Å². The van der Waals surface area contributed by atoms with Crippen molar-refractivity contribution in [3.8, 4) is 5.75 Å². The highest BCUT2D eigenvalue weighted by Crippen LogP contribution is 2.34. The molecule has 184 valence electrons. The molecule has 0 bridgehead atoms. The summed E-state index contributed by atoms with van der Waals surface area (Å²) in [7, 11) is 0. The maximum absolute atomic E-state index is 13.6. The molecule has 3 heterocycles. The van der Waals surface area contributed by atoms with E-state index in [1.54, 1.807) is 28.4 Å². The molecule has 34 heavy (non-hydrogen) atoms. The van der Waals surface area contributed by atoms with Gasteiger partial charge in [0.1, 0.15) is 18.2 Å². The Kier molecular flexibility index (Phi) is 8.21. The lowest BCUT2D eigenvalue weighted by molar-refractivity contribution is -0.144. The second-order valence-electron chi connectivity index (χ2n) is 9.42. The van der Waals surface area contributed by atoms with Gasteiger partial charge in [0.05, 0.1) is 18.7 Å². The van der Waals surface area contributed by atoms with Crippen LogP contribution < -0.4 is 4.74 Å². The van der Waals surface area contributed by atoms with Gasteiger partial charge in [0, 0.05) is 31.0 Å². The zero-order valence-electron chi connectivity index (χ0n) is 19.9. The summed E-state index contributed by atoms with van der Waals surface area (Å²) in [5, 5.41) is 2.04. The van der Waals surface area contributed by atoms with Gasteiger partial charge < -0.3 is 19.3 Å². The standard InChI is InChI=1S/C26H33FN2O4S/c1-18(2)14-25(30)28(15-21-4-3-12-32-21)16-26(31)29-11-9-24-22(10-13-34-24)23(29)17-33-20-7-5-19(27)6-8-20/h5-8,10,13,18,21,23H,3-4,9,11-12,14-17H2,1-2H3/t21-,23+/m0/s1. The van der Waals surface area contributed by atoms with Crippen LogP contribution in [0, 0.1) is 11.7 Å². The van der Waals surface area contributed by atoms with Crippen LogP contribution in [-0.4, -0.2) is 60.6 Å². The molecule has 1 aromatic carbocycles. The summed E-state index contributed by atoms with van der Waals surface area (Å²) in [5.41, 5.74) is 1.09. The van der Waals surface area contributed by atoms with Gasteiger partial charge in [0.15, 0.2) is 0 Å². The average Bonchev–Trinajstić information content (AvgIpc) is 3.49. The Bertz CT molecular complexity index is 971. The molecular formula is C26H33FN2O4S. The number of ether oxygens (including phenoxy) is 2. The molecule has 8 heteroatoms. The van der Waals surface area contributed by atoms with Crippen LogP contribution in [0.2, 0.25) is 0 Å². The first-order valence-corrected chi connectivity index (χ1v) is 12.9. The van der Waals surface area contributed by atoms with E-state index in [1.807, 2.05) is 30.2 Å².